The van der Waals surface area contributed by atoms with Crippen molar-refractivity contribution in [3.05, 3.63) is 11.6 Å². The number of likely N-dealkylation sites (N-methyl/N-ethyl adjacent to an activating group) is 1. The molecule has 1 atom stereocenters. The maximum absolute atomic E-state index is 11.4. The highest BCUT2D eigenvalue weighted by molar-refractivity contribution is 5.84. The van der Waals surface area contributed by atoms with E-state index in [-0.39, 0.29) is 5.91 Å². The summed E-state index contributed by atoms with van der Waals surface area (Å²) in [5.41, 5.74) is 4.79. The van der Waals surface area contributed by atoms with Crippen LogP contribution in [0.4, 0.5) is 0 Å². The summed E-state index contributed by atoms with van der Waals surface area (Å²) in [6.45, 7) is 6.83. The summed E-state index contributed by atoms with van der Waals surface area (Å²) < 4.78 is 1.99. The number of carbonyl (C=O) groups excluding carboxylic acids is 1. The standard InChI is InChI=1S/C14H27N5O/c1-5-11-17-12(6-2)19(18-11)10-8-7-9-14(3,16-4)13(15)20/h16H,5-10H2,1-4H3,(H2,15,20). The van der Waals surface area contributed by atoms with Crippen LogP contribution in [0.3, 0.4) is 0 Å². The minimum atomic E-state index is -0.621. The molecule has 6 heteroatoms. The maximum Gasteiger partial charge on any atom is 0.237 e. The Morgan fingerprint density at radius 3 is 2.55 bits per heavy atom. The number of rotatable bonds is 9. The number of hydrogen-bond acceptors (Lipinski definition) is 4. The van der Waals surface area contributed by atoms with Gasteiger partial charge < -0.3 is 11.1 Å². The van der Waals surface area contributed by atoms with Crippen molar-refractivity contribution in [2.75, 3.05) is 7.05 Å². The Kier molecular flexibility index (Phi) is 6.13. The fraction of sp³-hybridized carbons (Fsp3) is 0.786. The molecule has 1 amide bonds. The third-order valence-electron chi connectivity index (χ3n) is 3.82. The molecule has 0 aliphatic carbocycles. The van der Waals surface area contributed by atoms with Gasteiger partial charge in [-0.1, -0.05) is 13.8 Å². The predicted molar refractivity (Wildman–Crippen MR) is 79.3 cm³/mol. The van der Waals surface area contributed by atoms with Gasteiger partial charge in [0, 0.05) is 19.4 Å². The number of nitrogens with zero attached hydrogens (tertiary/aromatic N) is 3. The first-order valence-corrected chi connectivity index (χ1v) is 7.38. The number of aromatic nitrogens is 3. The number of unbranched alkanes of at least 4 members (excludes halogenated alkanes) is 1. The topological polar surface area (TPSA) is 85.8 Å². The van der Waals surface area contributed by atoms with Crippen LogP contribution in [0.2, 0.25) is 0 Å². The van der Waals surface area contributed by atoms with E-state index in [4.69, 9.17) is 5.73 Å². The van der Waals surface area contributed by atoms with Crippen molar-refractivity contribution in [2.45, 2.75) is 65.0 Å². The van der Waals surface area contributed by atoms with E-state index in [1.165, 1.54) is 0 Å². The van der Waals surface area contributed by atoms with Gasteiger partial charge in [-0.2, -0.15) is 5.10 Å². The first kappa shape index (κ1) is 16.6. The molecule has 20 heavy (non-hydrogen) atoms. The molecule has 0 spiro atoms. The quantitative estimate of drug-likeness (QED) is 0.662. The molecule has 3 N–H and O–H groups in total. The van der Waals surface area contributed by atoms with Gasteiger partial charge in [-0.15, -0.1) is 0 Å². The van der Waals surface area contributed by atoms with Gasteiger partial charge in [0.15, 0.2) is 5.82 Å². The summed E-state index contributed by atoms with van der Waals surface area (Å²) in [5.74, 6) is 1.63. The van der Waals surface area contributed by atoms with E-state index in [2.05, 4.69) is 29.2 Å². The maximum atomic E-state index is 11.4. The normalized spacial score (nSPS) is 14.2. The Balaban J connectivity index is 2.48. The summed E-state index contributed by atoms with van der Waals surface area (Å²) >= 11 is 0. The second-order valence-corrected chi connectivity index (χ2v) is 5.28. The average Bonchev–Trinajstić information content (AvgIpc) is 2.85. The van der Waals surface area contributed by atoms with Crippen LogP contribution in [0.5, 0.6) is 0 Å². The van der Waals surface area contributed by atoms with Crippen molar-refractivity contribution in [1.82, 2.24) is 20.1 Å². The number of aryl methyl sites for hydroxylation is 3. The molecule has 0 saturated carbocycles. The summed E-state index contributed by atoms with van der Waals surface area (Å²) in [6.07, 6.45) is 4.37. The zero-order valence-corrected chi connectivity index (χ0v) is 13.1. The Bertz CT molecular complexity index is 443. The average molecular weight is 281 g/mol. The molecule has 114 valence electrons. The minimum Gasteiger partial charge on any atom is -0.368 e. The van der Waals surface area contributed by atoms with Crippen molar-refractivity contribution in [1.29, 1.82) is 0 Å². The zero-order chi connectivity index (χ0) is 15.2. The van der Waals surface area contributed by atoms with E-state index in [9.17, 15) is 4.79 Å². The molecule has 1 aromatic heterocycles. The molecule has 0 aliphatic heterocycles. The second-order valence-electron chi connectivity index (χ2n) is 5.28. The predicted octanol–water partition coefficient (Wildman–Crippen LogP) is 1.04. The van der Waals surface area contributed by atoms with Gasteiger partial charge in [0.25, 0.3) is 0 Å². The monoisotopic (exact) mass is 281 g/mol. The SMILES string of the molecule is CCc1nc(CC)n(CCCCC(C)(NC)C(N)=O)n1. The molecular formula is C14H27N5O. The van der Waals surface area contributed by atoms with Gasteiger partial charge in [-0.25, -0.2) is 9.67 Å². The van der Waals surface area contributed by atoms with Crippen LogP contribution < -0.4 is 11.1 Å². The molecule has 6 nitrogen and oxygen atoms in total. The van der Waals surface area contributed by atoms with Crippen LogP contribution in [0.1, 0.15) is 51.7 Å². The summed E-state index contributed by atoms with van der Waals surface area (Å²) in [6, 6.07) is 0. The van der Waals surface area contributed by atoms with Gasteiger partial charge in [-0.3, -0.25) is 4.79 Å². The molecule has 1 heterocycles. The lowest BCUT2D eigenvalue weighted by Crippen LogP contribution is -2.51. The lowest BCUT2D eigenvalue weighted by Gasteiger charge is -2.25. The molecule has 0 fully saturated rings. The molecule has 0 bridgehead atoms. The third kappa shape index (κ3) is 4.03. The Morgan fingerprint density at radius 1 is 1.35 bits per heavy atom. The Labute approximate surface area is 121 Å². The van der Waals surface area contributed by atoms with Gasteiger partial charge in [-0.05, 0) is 33.2 Å². The van der Waals surface area contributed by atoms with Crippen LogP contribution in [0.25, 0.3) is 0 Å². The minimum absolute atomic E-state index is 0.303. The van der Waals surface area contributed by atoms with E-state index in [0.29, 0.717) is 0 Å². The smallest absolute Gasteiger partial charge is 0.237 e. The van der Waals surface area contributed by atoms with Crippen molar-refractivity contribution in [2.24, 2.45) is 5.73 Å². The van der Waals surface area contributed by atoms with Crippen LogP contribution in [0.15, 0.2) is 0 Å². The van der Waals surface area contributed by atoms with Crippen molar-refractivity contribution < 1.29 is 4.79 Å². The number of nitrogens with two attached hydrogens (primary N) is 1. The van der Waals surface area contributed by atoms with Crippen LogP contribution in [-0.2, 0) is 24.2 Å². The largest absolute Gasteiger partial charge is 0.368 e. The first-order valence-electron chi connectivity index (χ1n) is 7.38. The van der Waals surface area contributed by atoms with Crippen molar-refractivity contribution in [3.8, 4) is 0 Å². The number of hydrogen-bond donors (Lipinski definition) is 2. The van der Waals surface area contributed by atoms with E-state index >= 15 is 0 Å². The zero-order valence-electron chi connectivity index (χ0n) is 13.1. The number of carbonyl (C=O) groups is 1. The highest BCUT2D eigenvalue weighted by Gasteiger charge is 2.27. The van der Waals surface area contributed by atoms with E-state index in [1.807, 2.05) is 11.6 Å². The second kappa shape index (κ2) is 7.38. The molecule has 0 radical (unpaired) electrons. The fourth-order valence-corrected chi connectivity index (χ4v) is 2.13. The van der Waals surface area contributed by atoms with Crippen LogP contribution in [-0.4, -0.2) is 33.3 Å². The lowest BCUT2D eigenvalue weighted by molar-refractivity contribution is -0.123. The number of amides is 1. The Hall–Kier alpha value is -1.43. The highest BCUT2D eigenvalue weighted by Crippen LogP contribution is 2.14. The van der Waals surface area contributed by atoms with E-state index in [1.54, 1.807) is 7.05 Å². The van der Waals surface area contributed by atoms with Gasteiger partial charge in [0.2, 0.25) is 5.91 Å². The molecule has 0 aliphatic rings. The van der Waals surface area contributed by atoms with Gasteiger partial charge >= 0.3 is 0 Å². The molecule has 1 rings (SSSR count). The lowest BCUT2D eigenvalue weighted by atomic mass is 9.94. The van der Waals surface area contributed by atoms with E-state index < -0.39 is 5.54 Å². The summed E-state index contributed by atoms with van der Waals surface area (Å²) in [5, 5.41) is 7.49. The van der Waals surface area contributed by atoms with Crippen molar-refractivity contribution in [3.63, 3.8) is 0 Å². The molecule has 0 saturated heterocycles. The molecule has 0 aromatic carbocycles. The van der Waals surface area contributed by atoms with Gasteiger partial charge in [0.1, 0.15) is 5.82 Å². The fourth-order valence-electron chi connectivity index (χ4n) is 2.13. The van der Waals surface area contributed by atoms with Crippen molar-refractivity contribution >= 4 is 5.91 Å². The molecule has 1 unspecified atom stereocenters. The van der Waals surface area contributed by atoms with Gasteiger partial charge in [0.05, 0.1) is 5.54 Å². The number of primary amides is 1. The summed E-state index contributed by atoms with van der Waals surface area (Å²) in [4.78, 5) is 15.9. The number of nitrogens with one attached hydrogen (secondary N) is 1. The third-order valence-corrected chi connectivity index (χ3v) is 3.82. The van der Waals surface area contributed by atoms with Crippen LogP contribution in [0, 0.1) is 0 Å². The first-order chi connectivity index (χ1) is 9.46. The molecule has 1 aromatic rings. The molecular weight excluding hydrogens is 254 g/mol. The summed E-state index contributed by atoms with van der Waals surface area (Å²) in [7, 11) is 1.77. The van der Waals surface area contributed by atoms with Crippen LogP contribution >= 0.6 is 0 Å². The van der Waals surface area contributed by atoms with E-state index in [0.717, 1.165) is 50.3 Å². The Morgan fingerprint density at radius 2 is 2.05 bits per heavy atom. The highest BCUT2D eigenvalue weighted by atomic mass is 16.1.